The van der Waals surface area contributed by atoms with Crippen molar-refractivity contribution in [3.8, 4) is 57.5 Å². The lowest BCUT2D eigenvalue weighted by molar-refractivity contribution is 0.00114. The van der Waals surface area contributed by atoms with Gasteiger partial charge >= 0.3 is 0 Å². The Kier molecular flexibility index (Phi) is 9.94. The van der Waals surface area contributed by atoms with E-state index in [-0.39, 0.29) is 6.42 Å². The lowest BCUT2D eigenvalue weighted by atomic mass is 9.77. The number of aliphatic hydroxyl groups excluding tert-OH is 2. The zero-order valence-electron chi connectivity index (χ0n) is 29.3. The molecule has 0 aromatic heterocycles. The van der Waals surface area contributed by atoms with Crippen LogP contribution in [0.5, 0.6) is 57.5 Å². The number of fused-ring (bicyclic) bond motifs is 2. The molecule has 266 valence electrons. The van der Waals surface area contributed by atoms with E-state index in [2.05, 4.69) is 0 Å². The van der Waals surface area contributed by atoms with Crippen molar-refractivity contribution in [2.24, 2.45) is 0 Å². The quantitative estimate of drug-likeness (QED) is 0.208. The third kappa shape index (κ3) is 5.88. The van der Waals surface area contributed by atoms with Crippen LogP contribution in [0, 0.1) is 0 Å². The normalized spacial score (nSPS) is 20.6. The highest BCUT2D eigenvalue weighted by molar-refractivity contribution is 5.66. The molecule has 0 fully saturated rings. The van der Waals surface area contributed by atoms with Gasteiger partial charge in [-0.25, -0.2) is 0 Å². The summed E-state index contributed by atoms with van der Waals surface area (Å²) < 4.78 is 58.8. The van der Waals surface area contributed by atoms with Crippen LogP contribution in [0.4, 0.5) is 0 Å². The van der Waals surface area contributed by atoms with Crippen molar-refractivity contribution in [3.05, 3.63) is 82.4 Å². The molecule has 0 radical (unpaired) electrons. The Labute approximate surface area is 290 Å². The molecule has 5 atom stereocenters. The van der Waals surface area contributed by atoms with Gasteiger partial charge in [-0.2, -0.15) is 0 Å². The van der Waals surface area contributed by atoms with Crippen LogP contribution in [-0.4, -0.2) is 79.3 Å². The van der Waals surface area contributed by atoms with Crippen LogP contribution in [0.15, 0.2) is 54.6 Å². The summed E-state index contributed by atoms with van der Waals surface area (Å²) in [4.78, 5) is 0. The molecule has 2 aliphatic rings. The molecule has 2 aliphatic heterocycles. The van der Waals surface area contributed by atoms with Crippen LogP contribution in [0.1, 0.15) is 45.9 Å². The maximum Gasteiger partial charge on any atom is 0.161 e. The second-order valence-corrected chi connectivity index (χ2v) is 11.8. The van der Waals surface area contributed by atoms with E-state index in [0.717, 1.165) is 0 Å². The lowest BCUT2D eigenvalue weighted by Crippen LogP contribution is -2.37. The van der Waals surface area contributed by atoms with Gasteiger partial charge in [-0.1, -0.05) is 12.1 Å². The van der Waals surface area contributed by atoms with Gasteiger partial charge in [0.25, 0.3) is 0 Å². The number of rotatable bonds is 11. The van der Waals surface area contributed by atoms with Crippen molar-refractivity contribution < 1.29 is 57.6 Å². The van der Waals surface area contributed by atoms with Gasteiger partial charge in [-0.15, -0.1) is 0 Å². The summed E-state index contributed by atoms with van der Waals surface area (Å²) in [6, 6.07) is 15.9. The second-order valence-electron chi connectivity index (χ2n) is 11.8. The number of hydrogen-bond donors (Lipinski definition) is 2. The van der Waals surface area contributed by atoms with Crippen LogP contribution >= 0.6 is 0 Å². The predicted octanol–water partition coefficient (Wildman–Crippen LogP) is 5.42. The number of aliphatic hydroxyl groups is 2. The van der Waals surface area contributed by atoms with Gasteiger partial charge in [0.2, 0.25) is 0 Å². The molecule has 4 aromatic rings. The van der Waals surface area contributed by atoms with Crippen LogP contribution in [-0.2, 0) is 6.42 Å². The monoisotopic (exact) mass is 690 g/mol. The molecule has 6 rings (SSSR count). The molecule has 0 amide bonds. The average molecular weight is 691 g/mol. The Morgan fingerprint density at radius 3 is 1.60 bits per heavy atom. The molecule has 50 heavy (non-hydrogen) atoms. The van der Waals surface area contributed by atoms with E-state index in [1.807, 2.05) is 12.1 Å². The third-order valence-corrected chi connectivity index (χ3v) is 9.32. The Hall–Kier alpha value is -5.20. The van der Waals surface area contributed by atoms with E-state index < -0.39 is 30.3 Å². The van der Waals surface area contributed by atoms with E-state index >= 15 is 0 Å². The summed E-state index contributed by atoms with van der Waals surface area (Å²) in [5, 5.41) is 24.1. The molecule has 12 nitrogen and oxygen atoms in total. The Balaban J connectivity index is 1.59. The fraction of sp³-hybridized carbons (Fsp3) is 0.368. The summed E-state index contributed by atoms with van der Waals surface area (Å²) in [6.07, 6.45) is -3.72. The second kappa shape index (κ2) is 14.3. The van der Waals surface area contributed by atoms with Crippen molar-refractivity contribution in [1.29, 1.82) is 0 Å². The minimum atomic E-state index is -1.22. The van der Waals surface area contributed by atoms with Gasteiger partial charge in [0.15, 0.2) is 29.1 Å². The smallest absolute Gasteiger partial charge is 0.161 e. The molecule has 2 N–H and O–H groups in total. The van der Waals surface area contributed by atoms with Crippen molar-refractivity contribution in [2.75, 3.05) is 56.9 Å². The zero-order chi connectivity index (χ0) is 35.7. The Morgan fingerprint density at radius 2 is 1.06 bits per heavy atom. The van der Waals surface area contributed by atoms with Crippen LogP contribution < -0.4 is 47.4 Å². The van der Waals surface area contributed by atoms with Gasteiger partial charge in [-0.3, -0.25) is 0 Å². The molecule has 0 saturated heterocycles. The summed E-state index contributed by atoms with van der Waals surface area (Å²) in [6.45, 7) is 0. The van der Waals surface area contributed by atoms with Gasteiger partial charge < -0.3 is 57.6 Å². The molecule has 0 unspecified atom stereocenters. The highest BCUT2D eigenvalue weighted by Gasteiger charge is 2.46. The van der Waals surface area contributed by atoms with Gasteiger partial charge in [0, 0.05) is 41.3 Å². The fourth-order valence-corrected chi connectivity index (χ4v) is 6.92. The maximum absolute atomic E-state index is 12.5. The summed E-state index contributed by atoms with van der Waals surface area (Å²) >= 11 is 0. The molecule has 0 spiro atoms. The van der Waals surface area contributed by atoms with Gasteiger partial charge in [-0.05, 0) is 35.4 Å². The summed E-state index contributed by atoms with van der Waals surface area (Å²) in [5.74, 6) is 3.79. The predicted molar refractivity (Wildman–Crippen MR) is 182 cm³/mol. The molecular weight excluding hydrogens is 648 g/mol. The van der Waals surface area contributed by atoms with Crippen molar-refractivity contribution in [3.63, 3.8) is 0 Å². The highest BCUT2D eigenvalue weighted by Crippen LogP contribution is 2.58. The number of ether oxygens (including phenoxy) is 10. The SMILES string of the molecule is COc1cc(OC)c2c(c1)O[C@H](c1ccc(OC)c(OC)c1)[C@@H](O)[C@@H]2c1c(OC)cc(OC)c2c1O[C@H](c1ccc(OC)c(OC)c1)[C@@H](O)C2. The zero-order valence-corrected chi connectivity index (χ0v) is 29.3. The summed E-state index contributed by atoms with van der Waals surface area (Å²) in [5.41, 5.74) is 2.98. The Morgan fingerprint density at radius 1 is 0.520 bits per heavy atom. The molecule has 0 saturated carbocycles. The van der Waals surface area contributed by atoms with E-state index in [4.69, 9.17) is 47.4 Å². The molecule has 0 aliphatic carbocycles. The molecule has 12 heteroatoms. The van der Waals surface area contributed by atoms with Crippen LogP contribution in [0.2, 0.25) is 0 Å². The minimum Gasteiger partial charge on any atom is -0.496 e. The van der Waals surface area contributed by atoms with Crippen molar-refractivity contribution in [2.45, 2.75) is 36.8 Å². The van der Waals surface area contributed by atoms with Crippen LogP contribution in [0.3, 0.4) is 0 Å². The number of hydrogen-bond acceptors (Lipinski definition) is 12. The first-order valence-electron chi connectivity index (χ1n) is 15.9. The van der Waals surface area contributed by atoms with Crippen LogP contribution in [0.25, 0.3) is 0 Å². The van der Waals surface area contributed by atoms with E-state index in [0.29, 0.717) is 85.3 Å². The molecule has 0 bridgehead atoms. The molecule has 4 aromatic carbocycles. The first kappa shape index (κ1) is 34.7. The number of methoxy groups -OCH3 is 8. The first-order chi connectivity index (χ1) is 24.2. The number of benzene rings is 4. The van der Waals surface area contributed by atoms with Crippen molar-refractivity contribution in [1.82, 2.24) is 0 Å². The molecular formula is C38H42O12. The average Bonchev–Trinajstić information content (AvgIpc) is 3.15. The fourth-order valence-electron chi connectivity index (χ4n) is 6.92. The van der Waals surface area contributed by atoms with Gasteiger partial charge in [0.1, 0.15) is 46.7 Å². The third-order valence-electron chi connectivity index (χ3n) is 9.32. The first-order valence-corrected chi connectivity index (χ1v) is 15.9. The Bertz CT molecular complexity index is 1860. The largest absolute Gasteiger partial charge is 0.496 e. The van der Waals surface area contributed by atoms with Gasteiger partial charge in [0.05, 0.1) is 68.9 Å². The van der Waals surface area contributed by atoms with E-state index in [1.54, 1.807) is 92.2 Å². The standard InChI is InChI=1S/C38H42O12/c1-41-21-15-29(47-7)32-31(16-21)49-37(20-10-12-25(43-3)28(14-20)46-6)35(40)34(32)33-30(48-8)18-26(44-4)22-17-23(39)36(50-38(22)33)19-9-11-24(42-2)27(13-19)45-5/h9-16,18,23,34-37,39-40H,17H2,1-8H3/t23-,34-,35-,36+,37+/m0/s1. The van der Waals surface area contributed by atoms with Crippen molar-refractivity contribution >= 4 is 0 Å². The van der Waals surface area contributed by atoms with E-state index in [1.165, 1.54) is 7.11 Å². The highest BCUT2D eigenvalue weighted by atomic mass is 16.5. The summed E-state index contributed by atoms with van der Waals surface area (Å²) in [7, 11) is 12.4. The van der Waals surface area contributed by atoms with E-state index in [9.17, 15) is 10.2 Å². The topological polar surface area (TPSA) is 133 Å². The lowest BCUT2D eigenvalue weighted by Gasteiger charge is -2.41. The molecule has 2 heterocycles. The minimum absolute atomic E-state index is 0.180. The maximum atomic E-state index is 12.5.